The number of carbonyl (C=O) groups excluding carboxylic acids is 2. The van der Waals surface area contributed by atoms with Crippen molar-refractivity contribution in [3.05, 3.63) is 95.6 Å². The summed E-state index contributed by atoms with van der Waals surface area (Å²) in [5.41, 5.74) is 1.72. The van der Waals surface area contributed by atoms with Gasteiger partial charge in [0.15, 0.2) is 0 Å². The van der Waals surface area contributed by atoms with E-state index in [1.165, 1.54) is 4.90 Å². The van der Waals surface area contributed by atoms with Crippen molar-refractivity contribution < 1.29 is 19.4 Å². The summed E-state index contributed by atoms with van der Waals surface area (Å²) in [5.74, 6) is -0.612. The second-order valence-corrected chi connectivity index (χ2v) is 8.26. The number of aromatic nitrogens is 2. The van der Waals surface area contributed by atoms with Crippen LogP contribution in [0, 0.1) is 5.92 Å². The zero-order valence-electron chi connectivity index (χ0n) is 18.5. The maximum atomic E-state index is 13.1. The summed E-state index contributed by atoms with van der Waals surface area (Å²) >= 11 is 0. The molecule has 1 saturated heterocycles. The molecule has 3 heterocycles. The fourth-order valence-corrected chi connectivity index (χ4v) is 3.72. The molecule has 7 heteroatoms. The lowest BCUT2D eigenvalue weighted by Gasteiger charge is -2.24. The molecule has 33 heavy (non-hydrogen) atoms. The van der Waals surface area contributed by atoms with E-state index in [0.717, 1.165) is 0 Å². The Morgan fingerprint density at radius 2 is 1.85 bits per heavy atom. The molecule has 0 bridgehead atoms. The van der Waals surface area contributed by atoms with Gasteiger partial charge in [-0.15, -0.1) is 0 Å². The Balaban J connectivity index is 1.74. The Bertz CT molecular complexity index is 1160. The van der Waals surface area contributed by atoms with Gasteiger partial charge >= 0.3 is 0 Å². The first-order chi connectivity index (χ1) is 16.0. The second-order valence-electron chi connectivity index (χ2n) is 8.26. The van der Waals surface area contributed by atoms with Crippen LogP contribution in [0.4, 0.5) is 0 Å². The molecule has 0 saturated carbocycles. The molecule has 7 nitrogen and oxygen atoms in total. The van der Waals surface area contributed by atoms with Gasteiger partial charge in [-0.25, -0.2) is 0 Å². The zero-order chi connectivity index (χ0) is 23.4. The fourth-order valence-electron chi connectivity index (χ4n) is 3.72. The molecule has 1 N–H and O–H groups in total. The summed E-state index contributed by atoms with van der Waals surface area (Å²) in [4.78, 5) is 35.9. The van der Waals surface area contributed by atoms with Crippen molar-refractivity contribution in [2.24, 2.45) is 5.92 Å². The molecular weight excluding hydrogens is 418 g/mol. The van der Waals surface area contributed by atoms with Gasteiger partial charge in [0.2, 0.25) is 0 Å². The van der Waals surface area contributed by atoms with E-state index in [1.807, 2.05) is 6.07 Å². The Morgan fingerprint density at radius 1 is 1.06 bits per heavy atom. The molecule has 1 amide bonds. The number of ketones is 1. The first kappa shape index (κ1) is 22.2. The third-order valence-electron chi connectivity index (χ3n) is 5.31. The summed E-state index contributed by atoms with van der Waals surface area (Å²) in [6.07, 6.45) is 4.84. The van der Waals surface area contributed by atoms with E-state index in [4.69, 9.17) is 4.74 Å². The van der Waals surface area contributed by atoms with Crippen LogP contribution < -0.4 is 4.74 Å². The van der Waals surface area contributed by atoms with Crippen molar-refractivity contribution in [1.29, 1.82) is 0 Å². The van der Waals surface area contributed by atoms with Gasteiger partial charge in [-0.2, -0.15) is 0 Å². The fraction of sp³-hybridized carbons (Fsp3) is 0.231. The molecule has 0 spiro atoms. The molecule has 1 aliphatic rings. The first-order valence-corrected chi connectivity index (χ1v) is 10.8. The average Bonchev–Trinajstić information content (AvgIpc) is 3.09. The molecule has 1 unspecified atom stereocenters. The number of carbonyl (C=O) groups is 2. The quantitative estimate of drug-likeness (QED) is 0.335. The van der Waals surface area contributed by atoms with Crippen LogP contribution in [0.25, 0.3) is 5.76 Å². The topological polar surface area (TPSA) is 92.6 Å². The number of aliphatic hydroxyl groups excluding tert-OH is 1. The van der Waals surface area contributed by atoms with Gasteiger partial charge in [-0.3, -0.25) is 19.6 Å². The van der Waals surface area contributed by atoms with Gasteiger partial charge in [0.25, 0.3) is 11.7 Å². The molecule has 4 rings (SSSR count). The van der Waals surface area contributed by atoms with E-state index in [-0.39, 0.29) is 17.9 Å². The van der Waals surface area contributed by atoms with Crippen LogP contribution in [0.1, 0.15) is 36.7 Å². The Hall–Kier alpha value is -4.00. The molecule has 3 aromatic rings. The standard InChI is InChI=1S/C26H25N3O4/c1-17(2)16-33-21-10-8-18(9-11-21)24(30)22-23(19-6-5-12-27-14-19)29(26(32)25(22)31)15-20-7-3-4-13-28-20/h3-14,17,23,30H,15-16H2,1-2H3/b24-22+. The van der Waals surface area contributed by atoms with E-state index < -0.39 is 17.7 Å². The molecule has 2 aromatic heterocycles. The Morgan fingerprint density at radius 3 is 2.48 bits per heavy atom. The van der Waals surface area contributed by atoms with Crippen molar-refractivity contribution in [1.82, 2.24) is 14.9 Å². The maximum Gasteiger partial charge on any atom is 0.296 e. The highest BCUT2D eigenvalue weighted by molar-refractivity contribution is 6.46. The third-order valence-corrected chi connectivity index (χ3v) is 5.31. The number of likely N-dealkylation sites (tertiary alicyclic amines) is 1. The minimum atomic E-state index is -0.780. The van der Waals surface area contributed by atoms with Crippen molar-refractivity contribution in [2.45, 2.75) is 26.4 Å². The summed E-state index contributed by atoms with van der Waals surface area (Å²) in [6, 6.07) is 15.0. The monoisotopic (exact) mass is 443 g/mol. The van der Waals surface area contributed by atoms with Crippen LogP contribution in [0.2, 0.25) is 0 Å². The van der Waals surface area contributed by atoms with Gasteiger partial charge in [0, 0.05) is 24.2 Å². The van der Waals surface area contributed by atoms with Crippen LogP contribution in [-0.2, 0) is 16.1 Å². The maximum absolute atomic E-state index is 13.1. The molecule has 0 radical (unpaired) electrons. The van der Waals surface area contributed by atoms with Crippen molar-refractivity contribution in [2.75, 3.05) is 6.61 Å². The highest BCUT2D eigenvalue weighted by Gasteiger charge is 2.46. The number of aliphatic hydroxyl groups is 1. The molecular formula is C26H25N3O4. The second kappa shape index (κ2) is 9.65. The van der Waals surface area contributed by atoms with E-state index in [1.54, 1.807) is 67.1 Å². The predicted molar refractivity (Wildman–Crippen MR) is 123 cm³/mol. The highest BCUT2D eigenvalue weighted by atomic mass is 16.5. The SMILES string of the molecule is CC(C)COc1ccc(/C(O)=C2\C(=O)C(=O)N(Cc3ccccn3)C2c2cccnc2)cc1. The number of nitrogens with zero attached hydrogens (tertiary/aromatic N) is 3. The molecule has 168 valence electrons. The van der Waals surface area contributed by atoms with Gasteiger partial charge in [0.1, 0.15) is 11.5 Å². The summed E-state index contributed by atoms with van der Waals surface area (Å²) in [5, 5.41) is 11.1. The number of pyridine rings is 2. The lowest BCUT2D eigenvalue weighted by atomic mass is 9.96. The van der Waals surface area contributed by atoms with E-state index >= 15 is 0 Å². The minimum absolute atomic E-state index is 0.0276. The van der Waals surface area contributed by atoms with E-state index in [0.29, 0.717) is 35.1 Å². The van der Waals surface area contributed by atoms with Gasteiger partial charge in [-0.05, 0) is 53.9 Å². The van der Waals surface area contributed by atoms with Gasteiger partial charge in [-0.1, -0.05) is 26.0 Å². The van der Waals surface area contributed by atoms with Crippen molar-refractivity contribution >= 4 is 17.4 Å². The number of hydrogen-bond donors (Lipinski definition) is 1. The number of benzene rings is 1. The molecule has 0 aliphatic carbocycles. The van der Waals surface area contributed by atoms with E-state index in [2.05, 4.69) is 23.8 Å². The largest absolute Gasteiger partial charge is 0.507 e. The smallest absolute Gasteiger partial charge is 0.296 e. The number of rotatable bonds is 7. The van der Waals surface area contributed by atoms with Crippen molar-refractivity contribution in [3.8, 4) is 5.75 Å². The number of ether oxygens (including phenoxy) is 1. The lowest BCUT2D eigenvalue weighted by Crippen LogP contribution is -2.29. The van der Waals surface area contributed by atoms with E-state index in [9.17, 15) is 14.7 Å². The number of amides is 1. The average molecular weight is 444 g/mol. The molecule has 1 aliphatic heterocycles. The lowest BCUT2D eigenvalue weighted by molar-refractivity contribution is -0.140. The summed E-state index contributed by atoms with van der Waals surface area (Å²) in [6.45, 7) is 4.82. The summed E-state index contributed by atoms with van der Waals surface area (Å²) in [7, 11) is 0. The van der Waals surface area contributed by atoms with Gasteiger partial charge in [0.05, 0.1) is 30.5 Å². The Labute approximate surface area is 192 Å². The molecule has 1 aromatic carbocycles. The predicted octanol–water partition coefficient (Wildman–Crippen LogP) is 4.13. The van der Waals surface area contributed by atoms with Crippen molar-refractivity contribution in [3.63, 3.8) is 0 Å². The van der Waals surface area contributed by atoms with Crippen LogP contribution in [0.3, 0.4) is 0 Å². The molecule has 1 atom stereocenters. The van der Waals surface area contributed by atoms with Crippen LogP contribution in [-0.4, -0.2) is 38.3 Å². The van der Waals surface area contributed by atoms with Crippen LogP contribution >= 0.6 is 0 Å². The van der Waals surface area contributed by atoms with Gasteiger partial charge < -0.3 is 14.7 Å². The summed E-state index contributed by atoms with van der Waals surface area (Å²) < 4.78 is 5.70. The van der Waals surface area contributed by atoms with Crippen LogP contribution in [0.5, 0.6) is 5.75 Å². The normalized spacial score (nSPS) is 17.5. The minimum Gasteiger partial charge on any atom is -0.507 e. The zero-order valence-corrected chi connectivity index (χ0v) is 18.5. The van der Waals surface area contributed by atoms with Crippen LogP contribution in [0.15, 0.2) is 78.8 Å². The first-order valence-electron chi connectivity index (χ1n) is 10.8. The highest BCUT2D eigenvalue weighted by Crippen LogP contribution is 2.40. The number of Topliss-reactive ketones (excluding diaryl/α,β-unsaturated/α-hetero) is 1. The Kier molecular flexibility index (Phi) is 6.49. The number of hydrogen-bond acceptors (Lipinski definition) is 6. The third kappa shape index (κ3) is 4.77. The molecule has 1 fully saturated rings.